The van der Waals surface area contributed by atoms with Crippen molar-refractivity contribution in [1.82, 2.24) is 4.98 Å². The van der Waals surface area contributed by atoms with E-state index in [2.05, 4.69) is 50.0 Å². The minimum atomic E-state index is -0.793. The summed E-state index contributed by atoms with van der Waals surface area (Å²) >= 11 is 0. The lowest BCUT2D eigenvalue weighted by atomic mass is 9.71. The van der Waals surface area contributed by atoms with E-state index in [1.165, 1.54) is 5.56 Å². The van der Waals surface area contributed by atoms with E-state index in [4.69, 9.17) is 4.74 Å². The van der Waals surface area contributed by atoms with Crippen molar-refractivity contribution in [3.63, 3.8) is 0 Å². The SMILES string of the molecule is CCOC(=O)c1[nH]c(C(O)c2ccc(C(C)(C)C)cc2)c2c1[C@H]1C=C[C@@H]2CC1. The number of H-pyrrole nitrogens is 1. The molecule has 3 atom stereocenters. The van der Waals surface area contributed by atoms with Gasteiger partial charge in [0.05, 0.1) is 12.3 Å². The largest absolute Gasteiger partial charge is 0.461 e. The zero-order chi connectivity index (χ0) is 20.1. The topological polar surface area (TPSA) is 62.3 Å². The van der Waals surface area contributed by atoms with Crippen LogP contribution in [0, 0.1) is 0 Å². The minimum Gasteiger partial charge on any atom is -0.461 e. The van der Waals surface area contributed by atoms with Crippen molar-refractivity contribution in [2.24, 2.45) is 0 Å². The van der Waals surface area contributed by atoms with Crippen molar-refractivity contribution < 1.29 is 14.6 Å². The molecule has 0 aliphatic heterocycles. The normalized spacial score (nSPS) is 21.5. The van der Waals surface area contributed by atoms with Crippen LogP contribution in [-0.4, -0.2) is 22.7 Å². The molecule has 1 heterocycles. The van der Waals surface area contributed by atoms with Crippen LogP contribution in [0.2, 0.25) is 0 Å². The van der Waals surface area contributed by atoms with E-state index < -0.39 is 6.10 Å². The molecule has 2 bridgehead atoms. The number of aromatic nitrogens is 1. The number of fused-ring (bicyclic) bond motifs is 1. The third-order valence-electron chi connectivity index (χ3n) is 6.06. The highest BCUT2D eigenvalue weighted by Crippen LogP contribution is 2.49. The Kier molecular flexibility index (Phi) is 4.70. The van der Waals surface area contributed by atoms with Crippen LogP contribution in [0.4, 0.5) is 0 Å². The van der Waals surface area contributed by atoms with Gasteiger partial charge in [-0.05, 0) is 47.4 Å². The van der Waals surface area contributed by atoms with Crippen LogP contribution >= 0.6 is 0 Å². The number of hydrogen-bond acceptors (Lipinski definition) is 3. The third kappa shape index (κ3) is 3.10. The standard InChI is InChI=1S/C24H29NO3/c1-5-28-23(27)21-19-15-8-6-14(7-9-15)18(19)20(25-21)22(26)16-10-12-17(13-11-16)24(2,3)4/h6,8,10-15,22,25-26H,5,7,9H2,1-4H3/t14-,15+,22?/m1/s1. The van der Waals surface area contributed by atoms with Crippen molar-refractivity contribution >= 4 is 5.97 Å². The first-order valence-corrected chi connectivity index (χ1v) is 10.2. The zero-order valence-electron chi connectivity index (χ0n) is 17.1. The van der Waals surface area contributed by atoms with Crippen molar-refractivity contribution in [3.05, 3.63) is 70.1 Å². The van der Waals surface area contributed by atoms with E-state index in [1.807, 2.05) is 19.1 Å². The summed E-state index contributed by atoms with van der Waals surface area (Å²) in [6.07, 6.45) is 5.71. The summed E-state index contributed by atoms with van der Waals surface area (Å²) in [6, 6.07) is 8.12. The molecule has 0 spiro atoms. The molecular weight excluding hydrogens is 350 g/mol. The number of ether oxygens (including phenoxy) is 1. The van der Waals surface area contributed by atoms with Gasteiger partial charge in [0.25, 0.3) is 0 Å². The molecule has 1 aromatic carbocycles. The predicted molar refractivity (Wildman–Crippen MR) is 110 cm³/mol. The second-order valence-corrected chi connectivity index (χ2v) is 8.91. The fourth-order valence-electron chi connectivity index (χ4n) is 4.55. The van der Waals surface area contributed by atoms with E-state index in [0.29, 0.717) is 12.3 Å². The van der Waals surface area contributed by atoms with E-state index in [0.717, 1.165) is 35.2 Å². The van der Waals surface area contributed by atoms with Crippen LogP contribution in [0.25, 0.3) is 0 Å². The van der Waals surface area contributed by atoms with Gasteiger partial charge in [-0.2, -0.15) is 0 Å². The van der Waals surface area contributed by atoms with Crippen LogP contribution in [0.5, 0.6) is 0 Å². The van der Waals surface area contributed by atoms with Crippen molar-refractivity contribution in [2.45, 2.75) is 63.9 Å². The molecule has 0 radical (unpaired) electrons. The molecule has 1 unspecified atom stereocenters. The highest BCUT2D eigenvalue weighted by molar-refractivity contribution is 5.91. The van der Waals surface area contributed by atoms with Gasteiger partial charge in [0, 0.05) is 11.8 Å². The lowest BCUT2D eigenvalue weighted by Gasteiger charge is -2.32. The van der Waals surface area contributed by atoms with Crippen molar-refractivity contribution in [2.75, 3.05) is 6.61 Å². The summed E-state index contributed by atoms with van der Waals surface area (Å²) < 4.78 is 5.28. The summed E-state index contributed by atoms with van der Waals surface area (Å²) in [5.41, 5.74) is 5.49. The average molecular weight is 380 g/mol. The second kappa shape index (κ2) is 6.93. The van der Waals surface area contributed by atoms with E-state index in [-0.39, 0.29) is 23.2 Å². The molecule has 0 saturated carbocycles. The molecule has 2 aromatic rings. The summed E-state index contributed by atoms with van der Waals surface area (Å²) in [4.78, 5) is 15.8. The van der Waals surface area contributed by atoms with Gasteiger partial charge in [0.15, 0.2) is 0 Å². The average Bonchev–Trinajstić information content (AvgIpc) is 3.11. The van der Waals surface area contributed by atoms with Gasteiger partial charge < -0.3 is 14.8 Å². The number of benzene rings is 1. The van der Waals surface area contributed by atoms with Gasteiger partial charge in [-0.15, -0.1) is 0 Å². The minimum absolute atomic E-state index is 0.0656. The van der Waals surface area contributed by atoms with E-state index >= 15 is 0 Å². The lowest BCUT2D eigenvalue weighted by molar-refractivity contribution is 0.0518. The number of allylic oxidation sites excluding steroid dienone is 2. The van der Waals surface area contributed by atoms with Gasteiger partial charge in [-0.25, -0.2) is 4.79 Å². The Morgan fingerprint density at radius 1 is 1.14 bits per heavy atom. The zero-order valence-corrected chi connectivity index (χ0v) is 17.1. The lowest BCUT2D eigenvalue weighted by Crippen LogP contribution is -2.19. The van der Waals surface area contributed by atoms with Gasteiger partial charge in [0.1, 0.15) is 11.8 Å². The Morgan fingerprint density at radius 3 is 2.29 bits per heavy atom. The number of carbonyl (C=O) groups is 1. The summed E-state index contributed by atoms with van der Waals surface area (Å²) in [7, 11) is 0. The molecular formula is C24H29NO3. The molecule has 3 aliphatic carbocycles. The first kappa shape index (κ1) is 19.0. The first-order chi connectivity index (χ1) is 13.3. The van der Waals surface area contributed by atoms with Crippen LogP contribution in [0.1, 0.15) is 96.9 Å². The maximum atomic E-state index is 12.6. The summed E-state index contributed by atoms with van der Waals surface area (Å²) in [6.45, 7) is 8.67. The molecule has 0 saturated heterocycles. The first-order valence-electron chi connectivity index (χ1n) is 10.2. The van der Waals surface area contributed by atoms with Gasteiger partial charge in [0.2, 0.25) is 0 Å². The molecule has 4 nitrogen and oxygen atoms in total. The Hall–Kier alpha value is -2.33. The number of carbonyl (C=O) groups excluding carboxylic acids is 1. The number of nitrogens with one attached hydrogen (secondary N) is 1. The van der Waals surface area contributed by atoms with Crippen LogP contribution in [-0.2, 0) is 10.2 Å². The predicted octanol–water partition coefficient (Wildman–Crippen LogP) is 5.10. The molecule has 2 N–H and O–H groups in total. The maximum absolute atomic E-state index is 12.6. The van der Waals surface area contributed by atoms with Crippen LogP contribution < -0.4 is 0 Å². The summed E-state index contributed by atoms with van der Waals surface area (Å²) in [5.74, 6) is 0.138. The second-order valence-electron chi connectivity index (χ2n) is 8.91. The molecule has 4 heteroatoms. The van der Waals surface area contributed by atoms with Gasteiger partial charge in [-0.3, -0.25) is 0 Å². The molecule has 0 amide bonds. The monoisotopic (exact) mass is 379 g/mol. The molecule has 148 valence electrons. The molecule has 3 aliphatic rings. The number of hydrogen-bond donors (Lipinski definition) is 2. The highest BCUT2D eigenvalue weighted by Gasteiger charge is 2.38. The Balaban J connectivity index is 1.76. The van der Waals surface area contributed by atoms with Gasteiger partial charge >= 0.3 is 5.97 Å². The molecule has 0 fully saturated rings. The van der Waals surface area contributed by atoms with Crippen molar-refractivity contribution in [1.29, 1.82) is 0 Å². The van der Waals surface area contributed by atoms with Gasteiger partial charge in [-0.1, -0.05) is 57.2 Å². The summed E-state index contributed by atoms with van der Waals surface area (Å²) in [5, 5.41) is 11.2. The molecule has 28 heavy (non-hydrogen) atoms. The fraction of sp³-hybridized carbons (Fsp3) is 0.458. The Morgan fingerprint density at radius 2 is 1.75 bits per heavy atom. The highest BCUT2D eigenvalue weighted by atomic mass is 16.5. The third-order valence-corrected chi connectivity index (χ3v) is 6.06. The molecule has 5 rings (SSSR count). The number of rotatable bonds is 4. The maximum Gasteiger partial charge on any atom is 0.355 e. The van der Waals surface area contributed by atoms with Crippen molar-refractivity contribution in [3.8, 4) is 0 Å². The smallest absolute Gasteiger partial charge is 0.355 e. The van der Waals surface area contributed by atoms with E-state index in [1.54, 1.807) is 0 Å². The number of aromatic amines is 1. The number of aliphatic hydroxyl groups excluding tert-OH is 1. The molecule has 1 aromatic heterocycles. The van der Waals surface area contributed by atoms with E-state index in [9.17, 15) is 9.90 Å². The quantitative estimate of drug-likeness (QED) is 0.574. The number of aliphatic hydroxyl groups is 1. The number of esters is 1. The van der Waals surface area contributed by atoms with Crippen LogP contribution in [0.3, 0.4) is 0 Å². The Bertz CT molecular complexity index is 915. The fourth-order valence-corrected chi connectivity index (χ4v) is 4.55. The Labute approximate surface area is 166 Å². The van der Waals surface area contributed by atoms with Crippen LogP contribution in [0.15, 0.2) is 36.4 Å².